The molecular formula is C10H20O2. The lowest BCUT2D eigenvalue weighted by Gasteiger charge is -1.97. The smallest absolute Gasteiger partial charge is 0.110 e. The molecule has 0 spiro atoms. The van der Waals surface area contributed by atoms with Crippen LogP contribution in [0.5, 0.6) is 0 Å². The van der Waals surface area contributed by atoms with Crippen molar-refractivity contribution in [2.45, 2.75) is 64.3 Å². The number of ether oxygens (including phenoxy) is 1. The third-order valence-corrected chi connectivity index (χ3v) is 2.44. The summed E-state index contributed by atoms with van der Waals surface area (Å²) < 4.78 is 5.31. The first-order valence-electron chi connectivity index (χ1n) is 5.09. The van der Waals surface area contributed by atoms with Crippen molar-refractivity contribution in [2.24, 2.45) is 0 Å². The molecule has 0 bridgehead atoms. The Morgan fingerprint density at radius 2 is 2.08 bits per heavy atom. The Bertz CT molecular complexity index is 123. The van der Waals surface area contributed by atoms with E-state index in [9.17, 15) is 0 Å². The van der Waals surface area contributed by atoms with Crippen molar-refractivity contribution in [3.05, 3.63) is 0 Å². The van der Waals surface area contributed by atoms with Crippen LogP contribution >= 0.6 is 0 Å². The van der Waals surface area contributed by atoms with Gasteiger partial charge in [-0.3, -0.25) is 0 Å². The van der Waals surface area contributed by atoms with Gasteiger partial charge in [-0.15, -0.1) is 0 Å². The van der Waals surface area contributed by atoms with E-state index in [2.05, 4.69) is 6.92 Å². The van der Waals surface area contributed by atoms with Crippen LogP contribution < -0.4 is 0 Å². The van der Waals surface area contributed by atoms with Crippen molar-refractivity contribution >= 4 is 0 Å². The minimum absolute atomic E-state index is 0.145. The maximum Gasteiger partial charge on any atom is 0.110 e. The first-order chi connectivity index (χ1) is 5.75. The van der Waals surface area contributed by atoms with Crippen molar-refractivity contribution in [1.29, 1.82) is 0 Å². The molecule has 3 unspecified atom stereocenters. The molecule has 3 atom stereocenters. The van der Waals surface area contributed by atoms with Gasteiger partial charge in [0.1, 0.15) is 6.10 Å². The van der Waals surface area contributed by atoms with Crippen LogP contribution in [0, 0.1) is 0 Å². The van der Waals surface area contributed by atoms with E-state index in [4.69, 9.17) is 9.84 Å². The molecule has 1 fully saturated rings. The van der Waals surface area contributed by atoms with Gasteiger partial charge in [-0.05, 0) is 13.3 Å². The van der Waals surface area contributed by atoms with Crippen LogP contribution in [-0.4, -0.2) is 23.4 Å². The van der Waals surface area contributed by atoms with E-state index in [0.29, 0.717) is 6.10 Å². The number of unbranched alkanes of at least 4 members (excludes halogenated alkanes) is 3. The molecule has 2 nitrogen and oxygen atoms in total. The monoisotopic (exact) mass is 172 g/mol. The van der Waals surface area contributed by atoms with Gasteiger partial charge >= 0.3 is 0 Å². The lowest BCUT2D eigenvalue weighted by molar-refractivity contribution is 0.152. The summed E-state index contributed by atoms with van der Waals surface area (Å²) in [5.41, 5.74) is 0. The third-order valence-electron chi connectivity index (χ3n) is 2.44. The highest BCUT2D eigenvalue weighted by Gasteiger charge is 2.41. The second kappa shape index (κ2) is 4.83. The van der Waals surface area contributed by atoms with Crippen molar-refractivity contribution in [3.8, 4) is 0 Å². The predicted octanol–water partition coefficient (Wildman–Crippen LogP) is 2.10. The molecule has 1 N–H and O–H groups in total. The molecule has 2 heteroatoms. The Morgan fingerprint density at radius 1 is 1.33 bits per heavy atom. The topological polar surface area (TPSA) is 32.8 Å². The van der Waals surface area contributed by atoms with Crippen LogP contribution in [0.2, 0.25) is 0 Å². The van der Waals surface area contributed by atoms with Gasteiger partial charge in [0.15, 0.2) is 0 Å². The van der Waals surface area contributed by atoms with Crippen LogP contribution in [0.4, 0.5) is 0 Å². The average Bonchev–Trinajstić information content (AvgIpc) is 2.77. The van der Waals surface area contributed by atoms with Gasteiger partial charge in [-0.1, -0.05) is 32.6 Å². The summed E-state index contributed by atoms with van der Waals surface area (Å²) in [7, 11) is 0. The molecule has 1 aliphatic rings. The molecule has 0 amide bonds. The lowest BCUT2D eigenvalue weighted by atomic mass is 10.1. The number of hydrogen-bond donors (Lipinski definition) is 1. The van der Waals surface area contributed by atoms with Gasteiger partial charge in [0.25, 0.3) is 0 Å². The zero-order valence-electron chi connectivity index (χ0n) is 8.12. The van der Waals surface area contributed by atoms with Crippen LogP contribution in [0.25, 0.3) is 0 Å². The highest BCUT2D eigenvalue weighted by molar-refractivity contribution is 4.88. The van der Waals surface area contributed by atoms with Gasteiger partial charge in [-0.25, -0.2) is 0 Å². The predicted molar refractivity (Wildman–Crippen MR) is 49.1 cm³/mol. The van der Waals surface area contributed by atoms with Crippen molar-refractivity contribution in [2.75, 3.05) is 0 Å². The van der Waals surface area contributed by atoms with Crippen molar-refractivity contribution < 1.29 is 9.84 Å². The Hall–Kier alpha value is -0.0800. The average molecular weight is 172 g/mol. The zero-order chi connectivity index (χ0) is 8.97. The zero-order valence-corrected chi connectivity index (χ0v) is 8.12. The third kappa shape index (κ3) is 3.11. The van der Waals surface area contributed by atoms with E-state index < -0.39 is 0 Å². The molecule has 1 rings (SSSR count). The van der Waals surface area contributed by atoms with E-state index in [1.165, 1.54) is 25.7 Å². The minimum Gasteiger partial charge on any atom is -0.391 e. The number of aliphatic hydroxyl groups is 1. The fourth-order valence-electron chi connectivity index (χ4n) is 1.59. The molecule has 0 aromatic rings. The summed E-state index contributed by atoms with van der Waals surface area (Å²) >= 11 is 0. The first-order valence-corrected chi connectivity index (χ1v) is 5.09. The van der Waals surface area contributed by atoms with Crippen LogP contribution in [0.1, 0.15) is 46.0 Å². The van der Waals surface area contributed by atoms with Crippen molar-refractivity contribution in [1.82, 2.24) is 0 Å². The van der Waals surface area contributed by atoms with E-state index in [1.54, 1.807) is 6.92 Å². The van der Waals surface area contributed by atoms with E-state index in [-0.39, 0.29) is 12.2 Å². The summed E-state index contributed by atoms with van der Waals surface area (Å²) in [6.07, 6.45) is 6.53. The van der Waals surface area contributed by atoms with Crippen LogP contribution in [0.3, 0.4) is 0 Å². The van der Waals surface area contributed by atoms with Gasteiger partial charge in [-0.2, -0.15) is 0 Å². The quantitative estimate of drug-likeness (QED) is 0.491. The van der Waals surface area contributed by atoms with E-state index >= 15 is 0 Å². The highest BCUT2D eigenvalue weighted by atomic mass is 16.6. The summed E-state index contributed by atoms with van der Waals surface area (Å²) in [4.78, 5) is 0. The molecule has 0 radical (unpaired) electrons. The van der Waals surface area contributed by atoms with Gasteiger partial charge in [0.2, 0.25) is 0 Å². The minimum atomic E-state index is -0.277. The van der Waals surface area contributed by atoms with Crippen LogP contribution in [0.15, 0.2) is 0 Å². The molecule has 1 aliphatic heterocycles. The second-order valence-corrected chi connectivity index (χ2v) is 3.73. The molecule has 0 aromatic carbocycles. The maximum atomic E-state index is 9.14. The Labute approximate surface area is 74.9 Å². The summed E-state index contributed by atoms with van der Waals surface area (Å²) in [5.74, 6) is 0. The molecule has 0 aromatic heterocycles. The second-order valence-electron chi connectivity index (χ2n) is 3.73. The Balaban J connectivity index is 1.90. The lowest BCUT2D eigenvalue weighted by Crippen LogP contribution is -2.11. The normalized spacial score (nSPS) is 30.2. The molecular weight excluding hydrogens is 152 g/mol. The number of epoxide rings is 1. The molecule has 1 heterocycles. The number of rotatable bonds is 6. The largest absolute Gasteiger partial charge is 0.391 e. The standard InChI is InChI=1S/C10H20O2/c1-3-4-5-6-7-9-10(12-9)8(2)11/h8-11H,3-7H2,1-2H3. The fourth-order valence-corrected chi connectivity index (χ4v) is 1.59. The fraction of sp³-hybridized carbons (Fsp3) is 1.00. The molecule has 72 valence electrons. The SMILES string of the molecule is CCCCCCC1OC1C(C)O. The van der Waals surface area contributed by atoms with Gasteiger partial charge in [0, 0.05) is 0 Å². The molecule has 1 saturated heterocycles. The first kappa shape index (κ1) is 10.0. The Kier molecular flexibility index (Phi) is 4.02. The number of hydrogen-bond acceptors (Lipinski definition) is 2. The summed E-state index contributed by atoms with van der Waals surface area (Å²) in [6, 6.07) is 0. The molecule has 0 aliphatic carbocycles. The van der Waals surface area contributed by atoms with E-state index in [1.807, 2.05) is 0 Å². The maximum absolute atomic E-state index is 9.14. The van der Waals surface area contributed by atoms with Crippen molar-refractivity contribution in [3.63, 3.8) is 0 Å². The van der Waals surface area contributed by atoms with Gasteiger partial charge < -0.3 is 9.84 Å². The van der Waals surface area contributed by atoms with E-state index in [0.717, 1.165) is 6.42 Å². The highest BCUT2D eigenvalue weighted by Crippen LogP contribution is 2.29. The van der Waals surface area contributed by atoms with Crippen LogP contribution in [-0.2, 0) is 4.74 Å². The number of aliphatic hydroxyl groups excluding tert-OH is 1. The molecule has 0 saturated carbocycles. The Morgan fingerprint density at radius 3 is 2.58 bits per heavy atom. The molecule has 12 heavy (non-hydrogen) atoms. The summed E-state index contributed by atoms with van der Waals surface area (Å²) in [6.45, 7) is 4.02. The summed E-state index contributed by atoms with van der Waals surface area (Å²) in [5, 5.41) is 9.14. The van der Waals surface area contributed by atoms with Gasteiger partial charge in [0.05, 0.1) is 12.2 Å².